The van der Waals surface area contributed by atoms with Gasteiger partial charge in [0.2, 0.25) is 0 Å². The third-order valence-electron chi connectivity index (χ3n) is 5.42. The first-order chi connectivity index (χ1) is 16.5. The number of anilines is 1. The van der Waals surface area contributed by atoms with Crippen LogP contribution < -0.4 is 10.9 Å². The van der Waals surface area contributed by atoms with Gasteiger partial charge in [-0.2, -0.15) is 0 Å². The van der Waals surface area contributed by atoms with E-state index in [0.29, 0.717) is 46.6 Å². The molecule has 0 fully saturated rings. The first-order valence-corrected chi connectivity index (χ1v) is 11.7. The summed E-state index contributed by atoms with van der Waals surface area (Å²) in [7, 11) is 0. The Balaban J connectivity index is 1.29. The molecular weight excluding hydrogens is 474 g/mol. The lowest BCUT2D eigenvalue weighted by atomic mass is 10.1. The summed E-state index contributed by atoms with van der Waals surface area (Å²) in [6.07, 6.45) is 1.84. The van der Waals surface area contributed by atoms with Crippen LogP contribution in [0.1, 0.15) is 31.3 Å². The molecule has 0 aliphatic carbocycles. The molecule has 0 bridgehead atoms. The molecule has 2 aromatic heterocycles. The highest BCUT2D eigenvalue weighted by Gasteiger charge is 2.25. The predicted octanol–water partition coefficient (Wildman–Crippen LogP) is 4.00. The summed E-state index contributed by atoms with van der Waals surface area (Å²) in [6.45, 7) is 0.974. The number of rotatable bonds is 4. The van der Waals surface area contributed by atoms with E-state index in [1.54, 1.807) is 41.3 Å². The van der Waals surface area contributed by atoms with Crippen LogP contribution in [-0.2, 0) is 13.0 Å². The Morgan fingerprint density at radius 1 is 1.09 bits per heavy atom. The van der Waals surface area contributed by atoms with Gasteiger partial charge in [-0.3, -0.25) is 19.7 Å². The number of aromatic amines is 1. The summed E-state index contributed by atoms with van der Waals surface area (Å²) in [5, 5.41) is 3.64. The maximum Gasteiger partial charge on any atom is 0.264 e. The fourth-order valence-electron chi connectivity index (χ4n) is 3.66. The molecule has 0 radical (unpaired) electrons. The molecule has 5 rings (SSSR count). The van der Waals surface area contributed by atoms with Crippen LogP contribution >= 0.6 is 22.9 Å². The highest BCUT2D eigenvalue weighted by molar-refractivity contribution is 7.15. The van der Waals surface area contributed by atoms with Crippen LogP contribution in [-0.4, -0.2) is 38.2 Å². The first kappa shape index (κ1) is 22.0. The maximum absolute atomic E-state index is 12.8. The highest BCUT2D eigenvalue weighted by atomic mass is 35.5. The van der Waals surface area contributed by atoms with Crippen molar-refractivity contribution < 1.29 is 9.59 Å². The molecule has 0 atom stereocenters. The van der Waals surface area contributed by atoms with Crippen LogP contribution in [0.25, 0.3) is 11.4 Å². The maximum atomic E-state index is 12.8. The number of hydrogen-bond donors (Lipinski definition) is 2. The molecule has 0 saturated carbocycles. The fourth-order valence-corrected chi connectivity index (χ4v) is 4.81. The molecule has 170 valence electrons. The Kier molecular flexibility index (Phi) is 5.95. The van der Waals surface area contributed by atoms with Crippen molar-refractivity contribution in [2.75, 3.05) is 11.9 Å². The van der Waals surface area contributed by atoms with Crippen LogP contribution in [0.3, 0.4) is 0 Å². The number of halogens is 1. The van der Waals surface area contributed by atoms with Crippen LogP contribution in [0.4, 0.5) is 5.13 Å². The molecule has 34 heavy (non-hydrogen) atoms. The second-order valence-electron chi connectivity index (χ2n) is 7.67. The van der Waals surface area contributed by atoms with Gasteiger partial charge in [0, 0.05) is 40.2 Å². The second-order valence-corrected chi connectivity index (χ2v) is 9.19. The molecule has 1 aliphatic rings. The van der Waals surface area contributed by atoms with Crippen molar-refractivity contribution in [2.45, 2.75) is 13.0 Å². The SMILES string of the molecule is O=C(Nc1nc2c(s1)CN(C(=O)c1ccccc1)CC2)c1cnc(-c2ccc(Cl)cc2)[nH]c1=O. The van der Waals surface area contributed by atoms with E-state index in [1.807, 2.05) is 18.2 Å². The van der Waals surface area contributed by atoms with Crippen molar-refractivity contribution in [1.29, 1.82) is 0 Å². The number of thiazole rings is 1. The van der Waals surface area contributed by atoms with Gasteiger partial charge in [0.05, 0.1) is 12.2 Å². The number of aromatic nitrogens is 3. The quantitative estimate of drug-likeness (QED) is 0.448. The number of nitrogens with one attached hydrogen (secondary N) is 2. The van der Waals surface area contributed by atoms with Gasteiger partial charge in [-0.05, 0) is 36.4 Å². The van der Waals surface area contributed by atoms with E-state index in [2.05, 4.69) is 20.3 Å². The van der Waals surface area contributed by atoms with Crippen molar-refractivity contribution in [1.82, 2.24) is 19.9 Å². The zero-order valence-corrected chi connectivity index (χ0v) is 19.3. The lowest BCUT2D eigenvalue weighted by Crippen LogP contribution is -2.35. The number of fused-ring (bicyclic) bond motifs is 1. The summed E-state index contributed by atoms with van der Waals surface area (Å²) in [4.78, 5) is 52.0. The Morgan fingerprint density at radius 2 is 1.85 bits per heavy atom. The van der Waals surface area contributed by atoms with E-state index in [0.717, 1.165) is 10.6 Å². The van der Waals surface area contributed by atoms with E-state index < -0.39 is 11.5 Å². The zero-order valence-electron chi connectivity index (χ0n) is 17.7. The third-order valence-corrected chi connectivity index (χ3v) is 6.67. The van der Waals surface area contributed by atoms with E-state index in [-0.39, 0.29) is 11.5 Å². The number of nitrogens with zero attached hydrogens (tertiary/aromatic N) is 3. The van der Waals surface area contributed by atoms with Gasteiger partial charge in [0.15, 0.2) is 5.13 Å². The van der Waals surface area contributed by atoms with Crippen LogP contribution in [0, 0.1) is 0 Å². The number of amides is 2. The minimum Gasteiger partial charge on any atom is -0.333 e. The summed E-state index contributed by atoms with van der Waals surface area (Å²) >= 11 is 7.19. The van der Waals surface area contributed by atoms with Crippen molar-refractivity contribution in [3.63, 3.8) is 0 Å². The summed E-state index contributed by atoms with van der Waals surface area (Å²) in [5.74, 6) is -0.297. The van der Waals surface area contributed by atoms with Gasteiger partial charge in [-0.1, -0.05) is 41.1 Å². The van der Waals surface area contributed by atoms with Gasteiger partial charge in [0.25, 0.3) is 17.4 Å². The molecule has 2 amide bonds. The number of carbonyl (C=O) groups excluding carboxylic acids is 2. The van der Waals surface area contributed by atoms with Gasteiger partial charge in [0.1, 0.15) is 11.4 Å². The smallest absolute Gasteiger partial charge is 0.264 e. The molecule has 10 heteroatoms. The number of carbonyl (C=O) groups is 2. The highest BCUT2D eigenvalue weighted by Crippen LogP contribution is 2.29. The van der Waals surface area contributed by atoms with Crippen molar-refractivity contribution in [2.24, 2.45) is 0 Å². The molecule has 4 aromatic rings. The van der Waals surface area contributed by atoms with Crippen molar-refractivity contribution in [3.8, 4) is 11.4 Å². The normalized spacial score (nSPS) is 12.8. The molecule has 2 N–H and O–H groups in total. The minimum atomic E-state index is -0.597. The number of H-pyrrole nitrogens is 1. The topological polar surface area (TPSA) is 108 Å². The van der Waals surface area contributed by atoms with Gasteiger partial charge in [-0.15, -0.1) is 0 Å². The monoisotopic (exact) mass is 491 g/mol. The molecular formula is C24H18ClN5O3S. The average Bonchev–Trinajstić information content (AvgIpc) is 3.25. The van der Waals surface area contributed by atoms with E-state index in [4.69, 9.17) is 11.6 Å². The average molecular weight is 492 g/mol. The summed E-state index contributed by atoms with van der Waals surface area (Å²) in [5.41, 5.74) is 1.49. The lowest BCUT2D eigenvalue weighted by Gasteiger charge is -2.26. The fraction of sp³-hybridized carbons (Fsp3) is 0.125. The largest absolute Gasteiger partial charge is 0.333 e. The minimum absolute atomic E-state index is 0.0383. The zero-order chi connectivity index (χ0) is 23.7. The molecule has 0 saturated heterocycles. The molecule has 0 unspecified atom stereocenters. The molecule has 1 aliphatic heterocycles. The Labute approximate surface area is 203 Å². The summed E-state index contributed by atoms with van der Waals surface area (Å²) < 4.78 is 0. The Bertz CT molecular complexity index is 1430. The number of hydrogen-bond acceptors (Lipinski definition) is 6. The van der Waals surface area contributed by atoms with Crippen molar-refractivity contribution in [3.05, 3.63) is 97.9 Å². The van der Waals surface area contributed by atoms with Crippen LogP contribution in [0.5, 0.6) is 0 Å². The predicted molar refractivity (Wildman–Crippen MR) is 130 cm³/mol. The van der Waals surface area contributed by atoms with Gasteiger partial charge < -0.3 is 9.88 Å². The van der Waals surface area contributed by atoms with E-state index in [1.165, 1.54) is 17.5 Å². The standard InChI is InChI=1S/C24H18ClN5O3S/c25-16-8-6-14(7-9-16)20-26-12-17(21(31)28-20)22(32)29-24-27-18-10-11-30(13-19(18)34-24)23(33)15-4-2-1-3-5-15/h1-9,12H,10-11,13H2,(H,26,28,31)(H,27,29,32). The molecule has 0 spiro atoms. The Morgan fingerprint density at radius 3 is 2.59 bits per heavy atom. The van der Waals surface area contributed by atoms with Crippen LogP contribution in [0.2, 0.25) is 5.02 Å². The molecule has 8 nitrogen and oxygen atoms in total. The second kappa shape index (κ2) is 9.20. The molecule has 2 aromatic carbocycles. The third kappa shape index (κ3) is 4.48. The molecule has 3 heterocycles. The van der Waals surface area contributed by atoms with E-state index >= 15 is 0 Å². The van der Waals surface area contributed by atoms with Gasteiger partial charge >= 0.3 is 0 Å². The van der Waals surface area contributed by atoms with Crippen molar-refractivity contribution >= 4 is 39.9 Å². The first-order valence-electron chi connectivity index (χ1n) is 10.5. The van der Waals surface area contributed by atoms with E-state index in [9.17, 15) is 14.4 Å². The Hall–Kier alpha value is -3.82. The number of benzene rings is 2. The lowest BCUT2D eigenvalue weighted by molar-refractivity contribution is 0.0736. The van der Waals surface area contributed by atoms with Gasteiger partial charge in [-0.25, -0.2) is 9.97 Å². The van der Waals surface area contributed by atoms with Crippen LogP contribution in [0.15, 0.2) is 65.6 Å². The summed E-state index contributed by atoms with van der Waals surface area (Å²) in [6, 6.07) is 16.0.